The summed E-state index contributed by atoms with van der Waals surface area (Å²) in [5.74, 6) is -0.306. The molecule has 3 rings (SSSR count). The van der Waals surface area contributed by atoms with Crippen molar-refractivity contribution in [1.82, 2.24) is 24.8 Å². The maximum Gasteiger partial charge on any atom is 0.330 e. The van der Waals surface area contributed by atoms with Gasteiger partial charge in [0.25, 0.3) is 0 Å². The second-order valence-corrected chi connectivity index (χ2v) is 7.71. The molecule has 1 aliphatic rings. The van der Waals surface area contributed by atoms with E-state index in [2.05, 4.69) is 21.1 Å². The first-order chi connectivity index (χ1) is 12.2. The lowest BCUT2D eigenvalue weighted by atomic mass is 9.88. The van der Waals surface area contributed by atoms with Crippen molar-refractivity contribution in [2.45, 2.75) is 32.7 Å². The third kappa shape index (κ3) is 3.54. The molecule has 3 heterocycles. The van der Waals surface area contributed by atoms with Crippen LogP contribution in [-0.4, -0.2) is 43.9 Å². The molecule has 136 valence electrons. The van der Waals surface area contributed by atoms with Gasteiger partial charge in [-0.2, -0.15) is 10.4 Å². The number of hydrogen-bond acceptors (Lipinski definition) is 7. The Hall–Kier alpha value is -2.50. The van der Waals surface area contributed by atoms with Gasteiger partial charge >= 0.3 is 5.97 Å². The van der Waals surface area contributed by atoms with Crippen molar-refractivity contribution in [3.05, 3.63) is 29.9 Å². The van der Waals surface area contributed by atoms with Gasteiger partial charge in [0.2, 0.25) is 5.28 Å². The van der Waals surface area contributed by atoms with E-state index in [-0.39, 0.29) is 17.7 Å². The average molecular weight is 375 g/mol. The van der Waals surface area contributed by atoms with Crippen molar-refractivity contribution in [2.24, 2.45) is 5.41 Å². The number of nitriles is 1. The zero-order valence-electron chi connectivity index (χ0n) is 14.8. The Bertz CT molecular complexity index is 861. The second-order valence-electron chi connectivity index (χ2n) is 7.37. The number of aromatic nitrogens is 4. The van der Waals surface area contributed by atoms with E-state index in [9.17, 15) is 10.1 Å². The number of rotatable bonds is 4. The second kappa shape index (κ2) is 6.67. The average Bonchev–Trinajstić information content (AvgIpc) is 3.02. The van der Waals surface area contributed by atoms with Gasteiger partial charge in [-0.1, -0.05) is 0 Å². The van der Waals surface area contributed by atoms with Crippen LogP contribution in [0.25, 0.3) is 11.3 Å². The van der Waals surface area contributed by atoms with E-state index in [1.165, 1.54) is 0 Å². The number of hydrogen-bond donors (Lipinski definition) is 0. The fourth-order valence-electron chi connectivity index (χ4n) is 2.62. The van der Waals surface area contributed by atoms with Gasteiger partial charge in [0.15, 0.2) is 0 Å². The van der Waals surface area contributed by atoms with E-state index in [0.29, 0.717) is 18.8 Å². The highest BCUT2D eigenvalue weighted by atomic mass is 35.5. The molecule has 1 aliphatic heterocycles. The number of hydroxylamine groups is 2. The highest BCUT2D eigenvalue weighted by Gasteiger charge is 2.48. The zero-order valence-corrected chi connectivity index (χ0v) is 15.6. The zero-order chi connectivity index (χ0) is 18.9. The molecule has 9 heteroatoms. The lowest BCUT2D eigenvalue weighted by Crippen LogP contribution is -2.63. The molecular weight excluding hydrogens is 356 g/mol. The Kier molecular flexibility index (Phi) is 4.69. The molecule has 0 bridgehead atoms. The van der Waals surface area contributed by atoms with Crippen LogP contribution in [0.3, 0.4) is 0 Å². The van der Waals surface area contributed by atoms with E-state index in [1.807, 2.05) is 6.20 Å². The molecule has 0 unspecified atom stereocenters. The van der Waals surface area contributed by atoms with Crippen LogP contribution in [0.5, 0.6) is 0 Å². The lowest BCUT2D eigenvalue weighted by Gasteiger charge is -2.47. The molecule has 0 saturated carbocycles. The summed E-state index contributed by atoms with van der Waals surface area (Å²) in [5, 5.41) is 15.3. The van der Waals surface area contributed by atoms with Crippen LogP contribution in [-0.2, 0) is 15.2 Å². The fourth-order valence-corrected chi connectivity index (χ4v) is 2.77. The molecule has 0 amide bonds. The largest absolute Gasteiger partial charge is 0.367 e. The maximum atomic E-state index is 12.0. The van der Waals surface area contributed by atoms with Crippen molar-refractivity contribution in [3.8, 4) is 17.3 Å². The predicted molar refractivity (Wildman–Crippen MR) is 93.6 cm³/mol. The van der Waals surface area contributed by atoms with Crippen LogP contribution in [0.4, 0.5) is 0 Å². The van der Waals surface area contributed by atoms with Gasteiger partial charge in [-0.3, -0.25) is 4.68 Å². The molecule has 0 aliphatic carbocycles. The summed E-state index contributed by atoms with van der Waals surface area (Å²) in [6.45, 7) is 6.18. The third-order valence-corrected chi connectivity index (χ3v) is 4.35. The molecule has 2 aromatic heterocycles. The monoisotopic (exact) mass is 374 g/mol. The summed E-state index contributed by atoms with van der Waals surface area (Å²) in [6.07, 6.45) is 5.31. The summed E-state index contributed by atoms with van der Waals surface area (Å²) in [4.78, 5) is 25.4. The van der Waals surface area contributed by atoms with E-state index in [1.54, 1.807) is 49.0 Å². The van der Waals surface area contributed by atoms with Crippen LogP contribution in [0, 0.1) is 16.7 Å². The third-order valence-electron chi connectivity index (χ3n) is 4.16. The van der Waals surface area contributed by atoms with Gasteiger partial charge < -0.3 is 4.84 Å². The predicted octanol–water partition coefficient (Wildman–Crippen LogP) is 2.42. The first-order valence-electron chi connectivity index (χ1n) is 8.12. The Morgan fingerprint density at radius 1 is 1.46 bits per heavy atom. The van der Waals surface area contributed by atoms with Crippen LogP contribution in [0.1, 0.15) is 27.2 Å². The van der Waals surface area contributed by atoms with Gasteiger partial charge in [-0.25, -0.2) is 14.8 Å². The number of nitrogens with zero attached hydrogens (tertiary/aromatic N) is 6. The molecule has 0 radical (unpaired) electrons. The minimum absolute atomic E-state index is 0.158. The lowest BCUT2D eigenvalue weighted by molar-refractivity contribution is -0.244. The first-order valence-corrected chi connectivity index (χ1v) is 8.50. The summed E-state index contributed by atoms with van der Waals surface area (Å²) in [5.41, 5.74) is 0.302. The van der Waals surface area contributed by atoms with Crippen molar-refractivity contribution in [1.29, 1.82) is 5.26 Å². The molecule has 8 nitrogen and oxygen atoms in total. The fraction of sp³-hybridized carbons (Fsp3) is 0.471. The van der Waals surface area contributed by atoms with Gasteiger partial charge in [0.1, 0.15) is 5.54 Å². The van der Waals surface area contributed by atoms with E-state index >= 15 is 0 Å². The summed E-state index contributed by atoms with van der Waals surface area (Å²) in [6, 6.07) is 3.93. The highest BCUT2D eigenvalue weighted by molar-refractivity contribution is 6.28. The Labute approximate surface area is 156 Å². The van der Waals surface area contributed by atoms with Crippen molar-refractivity contribution in [2.75, 3.05) is 13.1 Å². The molecule has 0 atom stereocenters. The van der Waals surface area contributed by atoms with Crippen molar-refractivity contribution < 1.29 is 9.63 Å². The molecule has 0 aromatic carbocycles. The number of halogens is 1. The molecule has 0 N–H and O–H groups in total. The van der Waals surface area contributed by atoms with Gasteiger partial charge in [0, 0.05) is 18.0 Å². The Balaban J connectivity index is 1.76. The molecular formula is C17H19ClN6O2. The minimum atomic E-state index is -0.585. The quantitative estimate of drug-likeness (QED) is 0.758. The van der Waals surface area contributed by atoms with E-state index in [0.717, 1.165) is 5.56 Å². The van der Waals surface area contributed by atoms with Crippen LogP contribution >= 0.6 is 11.6 Å². The Morgan fingerprint density at radius 2 is 2.19 bits per heavy atom. The Morgan fingerprint density at radius 3 is 2.81 bits per heavy atom. The molecule has 2 aromatic rings. The molecule has 1 saturated heterocycles. The number of carbonyl (C=O) groups excluding carboxylic acids is 1. The van der Waals surface area contributed by atoms with Gasteiger partial charge in [0.05, 0.1) is 42.9 Å². The molecule has 1 fully saturated rings. The smallest absolute Gasteiger partial charge is 0.330 e. The highest BCUT2D eigenvalue weighted by Crippen LogP contribution is 2.34. The van der Waals surface area contributed by atoms with Crippen molar-refractivity contribution in [3.63, 3.8) is 0 Å². The molecule has 26 heavy (non-hydrogen) atoms. The standard InChI is InChI=1S/C17H19ClN6O2/c1-16(2,3)14(25)26-23-10-17(11-23,5-6-19)24-9-12(8-21-24)13-4-7-20-15(18)22-13/h4,7-9H,5,10-11H2,1-3H3. The SMILES string of the molecule is CC(C)(C)C(=O)ON1CC(CC#N)(n2cc(-c3ccnc(Cl)n3)cn2)C1. The van der Waals surface area contributed by atoms with Gasteiger partial charge in [-0.15, -0.1) is 5.06 Å². The van der Waals surface area contributed by atoms with Gasteiger partial charge in [-0.05, 0) is 38.4 Å². The summed E-state index contributed by atoms with van der Waals surface area (Å²) in [7, 11) is 0. The summed E-state index contributed by atoms with van der Waals surface area (Å²) < 4.78 is 1.74. The molecule has 0 spiro atoms. The van der Waals surface area contributed by atoms with E-state index < -0.39 is 11.0 Å². The van der Waals surface area contributed by atoms with E-state index in [4.69, 9.17) is 16.4 Å². The van der Waals surface area contributed by atoms with Crippen LogP contribution < -0.4 is 0 Å². The first kappa shape index (κ1) is 18.3. The topological polar surface area (TPSA) is 96.9 Å². The minimum Gasteiger partial charge on any atom is -0.367 e. The van der Waals surface area contributed by atoms with Crippen LogP contribution in [0.15, 0.2) is 24.7 Å². The normalized spacial score (nSPS) is 16.6. The maximum absolute atomic E-state index is 12.0. The number of carbonyl (C=O) groups is 1. The van der Waals surface area contributed by atoms with Crippen LogP contribution in [0.2, 0.25) is 5.28 Å². The summed E-state index contributed by atoms with van der Waals surface area (Å²) >= 11 is 5.84. The van der Waals surface area contributed by atoms with Crippen molar-refractivity contribution >= 4 is 17.6 Å².